The highest BCUT2D eigenvalue weighted by atomic mass is 16.5. The van der Waals surface area contributed by atoms with Gasteiger partial charge in [0.1, 0.15) is 17.1 Å². The summed E-state index contributed by atoms with van der Waals surface area (Å²) in [6.07, 6.45) is 8.54. The van der Waals surface area contributed by atoms with E-state index in [2.05, 4.69) is 0 Å². The molecule has 0 atom stereocenters. The van der Waals surface area contributed by atoms with Crippen molar-refractivity contribution in [3.05, 3.63) is 23.8 Å². The molecule has 1 aromatic carbocycles. The lowest BCUT2D eigenvalue weighted by molar-refractivity contribution is -0.107. The molecule has 112 valence electrons. The molecular formula is C18H22O3. The lowest BCUT2D eigenvalue weighted by atomic mass is 9.54. The molecule has 0 aliphatic heterocycles. The minimum absolute atomic E-state index is 0.0289. The fraction of sp³-hybridized carbons (Fsp3) is 0.611. The topological polar surface area (TPSA) is 35.5 Å². The quantitative estimate of drug-likeness (QED) is 0.789. The molecule has 0 unspecified atom stereocenters. The molecule has 3 nitrogen and oxygen atoms in total. The number of carbonyl (C=O) groups is 1. The highest BCUT2D eigenvalue weighted by Crippen LogP contribution is 2.57. The molecular weight excluding hydrogens is 264 g/mol. The summed E-state index contributed by atoms with van der Waals surface area (Å²) < 4.78 is 11.7. The maximum absolute atomic E-state index is 11.3. The van der Waals surface area contributed by atoms with Crippen LogP contribution in [0, 0.1) is 17.8 Å². The van der Waals surface area contributed by atoms with Crippen molar-refractivity contribution in [2.24, 2.45) is 17.8 Å². The molecule has 21 heavy (non-hydrogen) atoms. The Labute approximate surface area is 125 Å². The Balaban J connectivity index is 1.65. The van der Waals surface area contributed by atoms with E-state index in [9.17, 15) is 4.79 Å². The summed E-state index contributed by atoms with van der Waals surface area (Å²) in [4.78, 5) is 11.3. The zero-order valence-corrected chi connectivity index (χ0v) is 12.5. The van der Waals surface area contributed by atoms with Crippen molar-refractivity contribution in [3.63, 3.8) is 0 Å². The SMILES string of the molecule is COc1ccc(C=O)c(OC23CC4CC(CC(C4)C2)C3)c1. The number of benzene rings is 1. The fourth-order valence-corrected chi connectivity index (χ4v) is 5.22. The fourth-order valence-electron chi connectivity index (χ4n) is 5.22. The van der Waals surface area contributed by atoms with E-state index in [-0.39, 0.29) is 5.60 Å². The number of aldehydes is 1. The third-order valence-corrected chi connectivity index (χ3v) is 5.66. The van der Waals surface area contributed by atoms with Crippen molar-refractivity contribution in [1.82, 2.24) is 0 Å². The van der Waals surface area contributed by atoms with Gasteiger partial charge in [-0.2, -0.15) is 0 Å². The number of carbonyl (C=O) groups excluding carboxylic acids is 1. The molecule has 0 radical (unpaired) electrons. The van der Waals surface area contributed by atoms with E-state index in [4.69, 9.17) is 9.47 Å². The van der Waals surface area contributed by atoms with E-state index in [1.54, 1.807) is 13.2 Å². The first-order valence-electron chi connectivity index (χ1n) is 8.02. The molecule has 5 rings (SSSR count). The smallest absolute Gasteiger partial charge is 0.153 e. The van der Waals surface area contributed by atoms with Crippen LogP contribution >= 0.6 is 0 Å². The van der Waals surface area contributed by atoms with Crippen LogP contribution in [-0.4, -0.2) is 19.0 Å². The summed E-state index contributed by atoms with van der Waals surface area (Å²) in [6, 6.07) is 5.47. The van der Waals surface area contributed by atoms with Crippen LogP contribution in [0.5, 0.6) is 11.5 Å². The average Bonchev–Trinajstić information content (AvgIpc) is 2.45. The predicted octanol–water partition coefficient (Wildman–Crippen LogP) is 3.86. The van der Waals surface area contributed by atoms with Crippen LogP contribution in [0.1, 0.15) is 48.9 Å². The van der Waals surface area contributed by atoms with Gasteiger partial charge in [0.2, 0.25) is 0 Å². The average molecular weight is 286 g/mol. The van der Waals surface area contributed by atoms with Crippen molar-refractivity contribution in [1.29, 1.82) is 0 Å². The predicted molar refractivity (Wildman–Crippen MR) is 79.9 cm³/mol. The number of ether oxygens (including phenoxy) is 2. The van der Waals surface area contributed by atoms with Gasteiger partial charge in [-0.25, -0.2) is 0 Å². The van der Waals surface area contributed by atoms with Gasteiger partial charge >= 0.3 is 0 Å². The summed E-state index contributed by atoms with van der Waals surface area (Å²) in [7, 11) is 1.64. The summed E-state index contributed by atoms with van der Waals surface area (Å²) in [5.41, 5.74) is 0.602. The maximum Gasteiger partial charge on any atom is 0.153 e. The van der Waals surface area contributed by atoms with Gasteiger partial charge in [-0.05, 0) is 68.4 Å². The lowest BCUT2D eigenvalue weighted by Gasteiger charge is -2.56. The van der Waals surface area contributed by atoms with E-state index in [1.807, 2.05) is 12.1 Å². The lowest BCUT2D eigenvalue weighted by Crippen LogP contribution is -2.53. The van der Waals surface area contributed by atoms with E-state index >= 15 is 0 Å². The first kappa shape index (κ1) is 13.2. The number of methoxy groups -OCH3 is 1. The van der Waals surface area contributed by atoms with Crippen LogP contribution < -0.4 is 9.47 Å². The largest absolute Gasteiger partial charge is 0.497 e. The van der Waals surface area contributed by atoms with Gasteiger partial charge in [0, 0.05) is 6.07 Å². The van der Waals surface area contributed by atoms with Crippen LogP contribution in [0.2, 0.25) is 0 Å². The van der Waals surface area contributed by atoms with E-state index in [0.29, 0.717) is 11.3 Å². The van der Waals surface area contributed by atoms with Crippen LogP contribution in [0.15, 0.2) is 18.2 Å². The standard InChI is InChI=1S/C18H22O3/c1-20-16-3-2-15(11-19)17(7-16)21-18-8-12-4-13(9-18)6-14(5-12)10-18/h2-3,7,11-14H,4-6,8-10H2,1H3. The van der Waals surface area contributed by atoms with Gasteiger partial charge in [0.25, 0.3) is 0 Å². The zero-order chi connectivity index (χ0) is 14.4. The minimum atomic E-state index is -0.0289. The van der Waals surface area contributed by atoms with Gasteiger partial charge in [0.15, 0.2) is 6.29 Å². The molecule has 4 aliphatic carbocycles. The third kappa shape index (κ3) is 2.23. The van der Waals surface area contributed by atoms with Crippen molar-refractivity contribution >= 4 is 6.29 Å². The number of rotatable bonds is 4. The highest BCUT2D eigenvalue weighted by Gasteiger charge is 2.52. The molecule has 3 heteroatoms. The van der Waals surface area contributed by atoms with E-state index < -0.39 is 0 Å². The Morgan fingerprint density at radius 1 is 1.10 bits per heavy atom. The number of hydrogen-bond donors (Lipinski definition) is 0. The van der Waals surface area contributed by atoms with Crippen molar-refractivity contribution < 1.29 is 14.3 Å². The molecule has 0 N–H and O–H groups in total. The number of hydrogen-bond acceptors (Lipinski definition) is 3. The van der Waals surface area contributed by atoms with Crippen molar-refractivity contribution in [2.75, 3.05) is 7.11 Å². The molecule has 0 spiro atoms. The van der Waals surface area contributed by atoms with Crippen LogP contribution in [0.25, 0.3) is 0 Å². The second-order valence-corrected chi connectivity index (χ2v) is 7.22. The molecule has 4 bridgehead atoms. The molecule has 0 amide bonds. The third-order valence-electron chi connectivity index (χ3n) is 5.66. The molecule has 0 saturated heterocycles. The second-order valence-electron chi connectivity index (χ2n) is 7.22. The minimum Gasteiger partial charge on any atom is -0.497 e. The molecule has 4 aliphatic rings. The Bertz CT molecular complexity index is 528. The summed E-state index contributed by atoms with van der Waals surface area (Å²) >= 11 is 0. The first-order chi connectivity index (χ1) is 10.2. The van der Waals surface area contributed by atoms with E-state index in [1.165, 1.54) is 19.3 Å². The van der Waals surface area contributed by atoms with Gasteiger partial charge in [0.05, 0.1) is 12.7 Å². The summed E-state index contributed by atoms with van der Waals surface area (Å²) in [5.74, 6) is 3.95. The van der Waals surface area contributed by atoms with Gasteiger partial charge in [-0.1, -0.05) is 0 Å². The molecule has 0 heterocycles. The molecule has 1 aromatic rings. The first-order valence-corrected chi connectivity index (χ1v) is 8.02. The van der Waals surface area contributed by atoms with Gasteiger partial charge < -0.3 is 9.47 Å². The second kappa shape index (κ2) is 4.75. The van der Waals surface area contributed by atoms with Crippen molar-refractivity contribution in [3.8, 4) is 11.5 Å². The van der Waals surface area contributed by atoms with Gasteiger partial charge in [-0.15, -0.1) is 0 Å². The highest BCUT2D eigenvalue weighted by molar-refractivity contribution is 5.79. The summed E-state index contributed by atoms with van der Waals surface area (Å²) in [5, 5.41) is 0. The normalized spacial score (nSPS) is 36.5. The zero-order valence-electron chi connectivity index (χ0n) is 12.5. The Hall–Kier alpha value is -1.51. The van der Waals surface area contributed by atoms with E-state index in [0.717, 1.165) is 49.1 Å². The molecule has 0 aromatic heterocycles. The van der Waals surface area contributed by atoms with Crippen molar-refractivity contribution in [2.45, 2.75) is 44.1 Å². The Kier molecular flexibility index (Phi) is 2.98. The molecule has 4 saturated carbocycles. The van der Waals surface area contributed by atoms with Crippen LogP contribution in [0.4, 0.5) is 0 Å². The Morgan fingerprint density at radius 3 is 2.24 bits per heavy atom. The Morgan fingerprint density at radius 2 is 1.71 bits per heavy atom. The monoisotopic (exact) mass is 286 g/mol. The van der Waals surface area contributed by atoms with Crippen LogP contribution in [-0.2, 0) is 0 Å². The van der Waals surface area contributed by atoms with Gasteiger partial charge in [-0.3, -0.25) is 4.79 Å². The van der Waals surface area contributed by atoms with Crippen LogP contribution in [0.3, 0.4) is 0 Å². The molecule has 4 fully saturated rings. The maximum atomic E-state index is 11.3. The summed E-state index contributed by atoms with van der Waals surface area (Å²) in [6.45, 7) is 0.